The minimum atomic E-state index is -0.111. The van der Waals surface area contributed by atoms with Crippen LogP contribution < -0.4 is 10.3 Å². The molecule has 1 fully saturated rings. The SMILES string of the molecule is CCCC(C)COc1cc(=O)[nH]c(C2CC2)n1. The molecule has 2 rings (SSSR count). The van der Waals surface area contributed by atoms with E-state index in [9.17, 15) is 4.79 Å². The van der Waals surface area contributed by atoms with Crippen molar-refractivity contribution in [3.63, 3.8) is 0 Å². The fourth-order valence-electron chi connectivity index (χ4n) is 1.88. The number of H-pyrrole nitrogens is 1. The van der Waals surface area contributed by atoms with Crippen LogP contribution in [-0.4, -0.2) is 16.6 Å². The van der Waals surface area contributed by atoms with Gasteiger partial charge in [0.15, 0.2) is 0 Å². The quantitative estimate of drug-likeness (QED) is 0.825. The van der Waals surface area contributed by atoms with Crippen molar-refractivity contribution in [1.29, 1.82) is 0 Å². The number of hydrogen-bond donors (Lipinski definition) is 1. The summed E-state index contributed by atoms with van der Waals surface area (Å²) in [6.45, 7) is 4.94. The van der Waals surface area contributed by atoms with E-state index in [1.807, 2.05) is 0 Å². The van der Waals surface area contributed by atoms with E-state index in [-0.39, 0.29) is 5.56 Å². The third-order valence-corrected chi connectivity index (χ3v) is 3.00. The standard InChI is InChI=1S/C13H20N2O2/c1-3-4-9(2)8-17-12-7-11(16)14-13(15-12)10-5-6-10/h7,9-10H,3-6,8H2,1-2H3,(H,14,15,16). The first-order chi connectivity index (χ1) is 8.19. The Labute approximate surface area is 101 Å². The molecule has 0 radical (unpaired) electrons. The van der Waals surface area contributed by atoms with E-state index in [1.165, 1.54) is 6.07 Å². The molecule has 0 bridgehead atoms. The molecule has 4 heteroatoms. The maximum Gasteiger partial charge on any atom is 0.254 e. The third-order valence-electron chi connectivity index (χ3n) is 3.00. The zero-order valence-electron chi connectivity index (χ0n) is 10.5. The molecule has 1 saturated carbocycles. The smallest absolute Gasteiger partial charge is 0.254 e. The highest BCUT2D eigenvalue weighted by atomic mass is 16.5. The monoisotopic (exact) mass is 236 g/mol. The molecular weight excluding hydrogens is 216 g/mol. The van der Waals surface area contributed by atoms with Crippen molar-refractivity contribution < 1.29 is 4.74 Å². The van der Waals surface area contributed by atoms with E-state index < -0.39 is 0 Å². The number of aromatic nitrogens is 2. The molecular formula is C13H20N2O2. The normalized spacial score (nSPS) is 16.8. The second kappa shape index (κ2) is 5.34. The van der Waals surface area contributed by atoms with Gasteiger partial charge < -0.3 is 9.72 Å². The lowest BCUT2D eigenvalue weighted by Crippen LogP contribution is -2.14. The fourth-order valence-corrected chi connectivity index (χ4v) is 1.88. The summed E-state index contributed by atoms with van der Waals surface area (Å²) in [4.78, 5) is 18.6. The molecule has 1 aromatic rings. The highest BCUT2D eigenvalue weighted by molar-refractivity contribution is 5.14. The van der Waals surface area contributed by atoms with Crippen molar-refractivity contribution in [3.8, 4) is 5.88 Å². The zero-order chi connectivity index (χ0) is 12.3. The Morgan fingerprint density at radius 3 is 3.00 bits per heavy atom. The highest BCUT2D eigenvalue weighted by Crippen LogP contribution is 2.37. The molecule has 1 heterocycles. The maximum atomic E-state index is 11.4. The van der Waals surface area contributed by atoms with Crippen molar-refractivity contribution in [1.82, 2.24) is 9.97 Å². The Hall–Kier alpha value is -1.32. The number of aromatic amines is 1. The first kappa shape index (κ1) is 12.1. The van der Waals surface area contributed by atoms with Gasteiger partial charge in [-0.15, -0.1) is 0 Å². The van der Waals surface area contributed by atoms with Crippen molar-refractivity contribution in [2.45, 2.75) is 45.4 Å². The first-order valence-electron chi connectivity index (χ1n) is 6.43. The molecule has 1 N–H and O–H groups in total. The topological polar surface area (TPSA) is 55.0 Å². The molecule has 17 heavy (non-hydrogen) atoms. The minimum absolute atomic E-state index is 0.111. The van der Waals surface area contributed by atoms with Crippen LogP contribution in [0, 0.1) is 5.92 Å². The van der Waals surface area contributed by atoms with Crippen molar-refractivity contribution >= 4 is 0 Å². The third kappa shape index (κ3) is 3.58. The van der Waals surface area contributed by atoms with E-state index in [0.717, 1.165) is 31.5 Å². The maximum absolute atomic E-state index is 11.4. The minimum Gasteiger partial charge on any atom is -0.477 e. The van der Waals surface area contributed by atoms with Gasteiger partial charge >= 0.3 is 0 Å². The zero-order valence-corrected chi connectivity index (χ0v) is 10.5. The second-order valence-corrected chi connectivity index (χ2v) is 4.95. The number of ether oxygens (including phenoxy) is 1. The van der Waals surface area contributed by atoms with Crippen LogP contribution in [0.3, 0.4) is 0 Å². The molecule has 0 spiro atoms. The molecule has 1 aromatic heterocycles. The molecule has 1 unspecified atom stereocenters. The highest BCUT2D eigenvalue weighted by Gasteiger charge is 2.26. The largest absolute Gasteiger partial charge is 0.477 e. The second-order valence-electron chi connectivity index (χ2n) is 4.95. The average molecular weight is 236 g/mol. The van der Waals surface area contributed by atoms with Crippen LogP contribution in [0.15, 0.2) is 10.9 Å². The van der Waals surface area contributed by atoms with Crippen LogP contribution in [0.5, 0.6) is 5.88 Å². The summed E-state index contributed by atoms with van der Waals surface area (Å²) >= 11 is 0. The van der Waals surface area contributed by atoms with E-state index in [2.05, 4.69) is 23.8 Å². The Kier molecular flexibility index (Phi) is 3.82. The summed E-state index contributed by atoms with van der Waals surface area (Å²) < 4.78 is 5.59. The van der Waals surface area contributed by atoms with Gasteiger partial charge in [0.1, 0.15) is 5.82 Å². The molecule has 0 aliphatic heterocycles. The summed E-state index contributed by atoms with van der Waals surface area (Å²) in [5, 5.41) is 0. The van der Waals surface area contributed by atoms with E-state index in [4.69, 9.17) is 4.74 Å². The van der Waals surface area contributed by atoms with Gasteiger partial charge in [-0.3, -0.25) is 4.79 Å². The average Bonchev–Trinajstić information content (AvgIpc) is 3.10. The lowest BCUT2D eigenvalue weighted by Gasteiger charge is -2.11. The van der Waals surface area contributed by atoms with Crippen molar-refractivity contribution in [2.24, 2.45) is 5.92 Å². The molecule has 1 atom stereocenters. The van der Waals surface area contributed by atoms with E-state index in [1.54, 1.807) is 0 Å². The summed E-state index contributed by atoms with van der Waals surface area (Å²) in [5.41, 5.74) is -0.111. The number of nitrogens with one attached hydrogen (secondary N) is 1. The summed E-state index contributed by atoms with van der Waals surface area (Å²) in [5.74, 6) is 2.21. The Balaban J connectivity index is 1.97. The van der Waals surface area contributed by atoms with Crippen LogP contribution in [0.1, 0.15) is 51.3 Å². The predicted molar refractivity (Wildman–Crippen MR) is 66.4 cm³/mol. The summed E-state index contributed by atoms with van der Waals surface area (Å²) in [6, 6.07) is 1.44. The molecule has 1 aliphatic carbocycles. The first-order valence-corrected chi connectivity index (χ1v) is 6.43. The van der Waals surface area contributed by atoms with Crippen LogP contribution >= 0.6 is 0 Å². The van der Waals surface area contributed by atoms with Crippen LogP contribution in [0.25, 0.3) is 0 Å². The van der Waals surface area contributed by atoms with E-state index >= 15 is 0 Å². The van der Waals surface area contributed by atoms with Gasteiger partial charge in [0.05, 0.1) is 12.7 Å². The molecule has 0 aromatic carbocycles. The molecule has 0 saturated heterocycles. The van der Waals surface area contributed by atoms with Crippen molar-refractivity contribution in [3.05, 3.63) is 22.2 Å². The lowest BCUT2D eigenvalue weighted by atomic mass is 10.1. The van der Waals surface area contributed by atoms with Gasteiger partial charge in [-0.05, 0) is 25.2 Å². The van der Waals surface area contributed by atoms with E-state index in [0.29, 0.717) is 24.3 Å². The van der Waals surface area contributed by atoms with Gasteiger partial charge in [-0.2, -0.15) is 4.98 Å². The van der Waals surface area contributed by atoms with Crippen molar-refractivity contribution in [2.75, 3.05) is 6.61 Å². The lowest BCUT2D eigenvalue weighted by molar-refractivity contribution is 0.241. The Morgan fingerprint density at radius 1 is 1.59 bits per heavy atom. The Bertz CT molecular complexity index is 424. The fraction of sp³-hybridized carbons (Fsp3) is 0.692. The van der Waals surface area contributed by atoms with Gasteiger partial charge in [0.2, 0.25) is 5.88 Å². The molecule has 4 nitrogen and oxygen atoms in total. The molecule has 1 aliphatic rings. The summed E-state index contributed by atoms with van der Waals surface area (Å²) in [7, 11) is 0. The van der Waals surface area contributed by atoms with Crippen LogP contribution in [-0.2, 0) is 0 Å². The number of hydrogen-bond acceptors (Lipinski definition) is 3. The number of rotatable bonds is 6. The molecule has 94 valence electrons. The summed E-state index contributed by atoms with van der Waals surface area (Å²) in [6.07, 6.45) is 4.54. The van der Waals surface area contributed by atoms with Gasteiger partial charge in [-0.25, -0.2) is 0 Å². The van der Waals surface area contributed by atoms with Crippen LogP contribution in [0.2, 0.25) is 0 Å². The van der Waals surface area contributed by atoms with Gasteiger partial charge in [0.25, 0.3) is 5.56 Å². The predicted octanol–water partition coefficient (Wildman–Crippen LogP) is 2.46. The van der Waals surface area contributed by atoms with Gasteiger partial charge in [0, 0.05) is 5.92 Å². The van der Waals surface area contributed by atoms with Gasteiger partial charge in [-0.1, -0.05) is 20.3 Å². The Morgan fingerprint density at radius 2 is 2.35 bits per heavy atom. The molecule has 0 amide bonds. The van der Waals surface area contributed by atoms with Crippen LogP contribution in [0.4, 0.5) is 0 Å². The number of nitrogens with zero attached hydrogens (tertiary/aromatic N) is 1.